The quantitative estimate of drug-likeness (QED) is 0.777. The van der Waals surface area contributed by atoms with Crippen molar-refractivity contribution in [2.45, 2.75) is 33.1 Å². The van der Waals surface area contributed by atoms with Crippen LogP contribution in [-0.2, 0) is 0 Å². The van der Waals surface area contributed by atoms with E-state index in [9.17, 15) is 8.78 Å². The Hall–Kier alpha value is -1.52. The maximum absolute atomic E-state index is 12.2. The molecular formula is C12H17F2N3. The SMILES string of the molecule is CC(=N)c1cnc(C(C)C)cc1NCC(F)F. The van der Waals surface area contributed by atoms with Crippen LogP contribution < -0.4 is 5.32 Å². The van der Waals surface area contributed by atoms with E-state index in [0.717, 1.165) is 5.69 Å². The van der Waals surface area contributed by atoms with Crippen LogP contribution in [0, 0.1) is 5.41 Å². The predicted molar refractivity (Wildman–Crippen MR) is 65.3 cm³/mol. The number of rotatable bonds is 5. The summed E-state index contributed by atoms with van der Waals surface area (Å²) < 4.78 is 24.4. The van der Waals surface area contributed by atoms with Crippen LogP contribution in [0.4, 0.5) is 14.5 Å². The molecule has 0 aliphatic heterocycles. The lowest BCUT2D eigenvalue weighted by Crippen LogP contribution is -2.13. The zero-order chi connectivity index (χ0) is 13.0. The van der Waals surface area contributed by atoms with E-state index < -0.39 is 13.0 Å². The molecule has 0 saturated heterocycles. The molecule has 0 fully saturated rings. The van der Waals surface area contributed by atoms with Crippen molar-refractivity contribution < 1.29 is 8.78 Å². The highest BCUT2D eigenvalue weighted by Crippen LogP contribution is 2.21. The fourth-order valence-electron chi connectivity index (χ4n) is 1.42. The van der Waals surface area contributed by atoms with Crippen LogP contribution in [0.1, 0.15) is 37.9 Å². The molecule has 0 radical (unpaired) electrons. The van der Waals surface area contributed by atoms with Gasteiger partial charge in [0.25, 0.3) is 6.43 Å². The number of nitrogens with one attached hydrogen (secondary N) is 2. The summed E-state index contributed by atoms with van der Waals surface area (Å²) in [5, 5.41) is 10.2. The Morgan fingerprint density at radius 3 is 2.59 bits per heavy atom. The Morgan fingerprint density at radius 2 is 2.12 bits per heavy atom. The van der Waals surface area contributed by atoms with Gasteiger partial charge >= 0.3 is 0 Å². The molecule has 2 N–H and O–H groups in total. The Balaban J connectivity index is 3.02. The van der Waals surface area contributed by atoms with E-state index in [4.69, 9.17) is 5.41 Å². The molecule has 1 aromatic rings. The summed E-state index contributed by atoms with van der Waals surface area (Å²) in [5.41, 5.74) is 2.25. The number of hydrogen-bond donors (Lipinski definition) is 2. The number of halogens is 2. The molecule has 5 heteroatoms. The van der Waals surface area contributed by atoms with Gasteiger partial charge in [-0.05, 0) is 18.9 Å². The minimum atomic E-state index is -2.41. The van der Waals surface area contributed by atoms with Gasteiger partial charge < -0.3 is 10.7 Å². The summed E-state index contributed by atoms with van der Waals surface area (Å²) >= 11 is 0. The Labute approximate surface area is 99.8 Å². The van der Waals surface area contributed by atoms with Crippen LogP contribution in [0.3, 0.4) is 0 Å². The van der Waals surface area contributed by atoms with Gasteiger partial charge in [-0.2, -0.15) is 0 Å². The van der Waals surface area contributed by atoms with Crippen molar-refractivity contribution in [2.24, 2.45) is 0 Å². The highest BCUT2D eigenvalue weighted by Gasteiger charge is 2.10. The molecule has 1 rings (SSSR count). The third kappa shape index (κ3) is 3.76. The lowest BCUT2D eigenvalue weighted by molar-refractivity contribution is 0.163. The number of anilines is 1. The van der Waals surface area contributed by atoms with E-state index in [0.29, 0.717) is 17.0 Å². The average molecular weight is 241 g/mol. The number of hydrogen-bond acceptors (Lipinski definition) is 3. The highest BCUT2D eigenvalue weighted by molar-refractivity contribution is 6.01. The molecule has 0 aliphatic carbocycles. The van der Waals surface area contributed by atoms with Crippen LogP contribution >= 0.6 is 0 Å². The minimum absolute atomic E-state index is 0.224. The zero-order valence-electron chi connectivity index (χ0n) is 10.2. The minimum Gasteiger partial charge on any atom is -0.379 e. The molecule has 0 aromatic carbocycles. The van der Waals surface area contributed by atoms with Crippen molar-refractivity contribution >= 4 is 11.4 Å². The van der Waals surface area contributed by atoms with Gasteiger partial charge in [0.05, 0.1) is 6.54 Å². The second-order valence-electron chi connectivity index (χ2n) is 4.21. The second-order valence-corrected chi connectivity index (χ2v) is 4.21. The molecular weight excluding hydrogens is 224 g/mol. The molecule has 1 heterocycles. The van der Waals surface area contributed by atoms with Crippen molar-refractivity contribution in [3.63, 3.8) is 0 Å². The molecule has 0 bridgehead atoms. The molecule has 0 aliphatic rings. The van der Waals surface area contributed by atoms with E-state index >= 15 is 0 Å². The highest BCUT2D eigenvalue weighted by atomic mass is 19.3. The Morgan fingerprint density at radius 1 is 1.47 bits per heavy atom. The van der Waals surface area contributed by atoms with Gasteiger partial charge in [-0.25, -0.2) is 8.78 Å². The number of alkyl halides is 2. The predicted octanol–water partition coefficient (Wildman–Crippen LogP) is 3.27. The molecule has 94 valence electrons. The third-order valence-corrected chi connectivity index (χ3v) is 2.37. The first-order valence-electron chi connectivity index (χ1n) is 5.49. The van der Waals surface area contributed by atoms with Crippen LogP contribution in [-0.4, -0.2) is 23.7 Å². The van der Waals surface area contributed by atoms with Crippen molar-refractivity contribution in [2.75, 3.05) is 11.9 Å². The number of pyridine rings is 1. The maximum Gasteiger partial charge on any atom is 0.255 e. The first-order chi connectivity index (χ1) is 7.91. The summed E-state index contributed by atoms with van der Waals surface area (Å²) in [4.78, 5) is 4.22. The van der Waals surface area contributed by atoms with Gasteiger partial charge in [0, 0.05) is 28.9 Å². The molecule has 0 unspecified atom stereocenters. The third-order valence-electron chi connectivity index (χ3n) is 2.37. The smallest absolute Gasteiger partial charge is 0.255 e. The first-order valence-corrected chi connectivity index (χ1v) is 5.49. The normalized spacial score (nSPS) is 11.0. The number of aromatic nitrogens is 1. The summed E-state index contributed by atoms with van der Waals surface area (Å²) in [5.74, 6) is 0.224. The van der Waals surface area contributed by atoms with Crippen LogP contribution in [0.25, 0.3) is 0 Å². The molecule has 3 nitrogen and oxygen atoms in total. The largest absolute Gasteiger partial charge is 0.379 e. The standard InChI is InChI=1S/C12H17F2N3/c1-7(2)10-4-11(17-6-12(13)14)9(5-16-10)8(3)15/h4-5,7,12,15H,6H2,1-3H3,(H,16,17). The molecule has 0 amide bonds. The van der Waals surface area contributed by atoms with Gasteiger partial charge in [0.2, 0.25) is 0 Å². The summed E-state index contributed by atoms with van der Waals surface area (Å²) in [6, 6.07) is 1.74. The Bertz CT molecular complexity index is 403. The van der Waals surface area contributed by atoms with E-state index in [2.05, 4.69) is 10.3 Å². The van der Waals surface area contributed by atoms with Crippen LogP contribution in [0.5, 0.6) is 0 Å². The maximum atomic E-state index is 12.2. The zero-order valence-corrected chi connectivity index (χ0v) is 10.2. The van der Waals surface area contributed by atoms with Gasteiger partial charge in [0.1, 0.15) is 0 Å². The summed E-state index contributed by atoms with van der Waals surface area (Å²) in [7, 11) is 0. The van der Waals surface area contributed by atoms with E-state index in [1.165, 1.54) is 0 Å². The average Bonchev–Trinajstić information content (AvgIpc) is 2.25. The fraction of sp³-hybridized carbons (Fsp3) is 0.500. The van der Waals surface area contributed by atoms with Gasteiger partial charge in [0.15, 0.2) is 0 Å². The second kappa shape index (κ2) is 5.70. The van der Waals surface area contributed by atoms with Crippen LogP contribution in [0.2, 0.25) is 0 Å². The van der Waals surface area contributed by atoms with Crippen molar-refractivity contribution in [3.8, 4) is 0 Å². The molecule has 0 atom stereocenters. The van der Waals surface area contributed by atoms with Crippen LogP contribution in [0.15, 0.2) is 12.3 Å². The van der Waals surface area contributed by atoms with Crippen molar-refractivity contribution in [3.05, 3.63) is 23.5 Å². The summed E-state index contributed by atoms with van der Waals surface area (Å²) in [6.45, 7) is 5.16. The number of nitrogens with zero attached hydrogens (tertiary/aromatic N) is 1. The van der Waals surface area contributed by atoms with Gasteiger partial charge in [-0.1, -0.05) is 13.8 Å². The molecule has 1 aromatic heterocycles. The fourth-order valence-corrected chi connectivity index (χ4v) is 1.42. The lowest BCUT2D eigenvalue weighted by atomic mass is 10.1. The van der Waals surface area contributed by atoms with Crippen molar-refractivity contribution in [1.29, 1.82) is 5.41 Å². The molecule has 17 heavy (non-hydrogen) atoms. The topological polar surface area (TPSA) is 48.8 Å². The van der Waals surface area contributed by atoms with E-state index in [1.54, 1.807) is 19.2 Å². The lowest BCUT2D eigenvalue weighted by Gasteiger charge is -2.13. The summed E-state index contributed by atoms with van der Waals surface area (Å²) in [6.07, 6.45) is -0.851. The monoisotopic (exact) mass is 241 g/mol. The van der Waals surface area contributed by atoms with Gasteiger partial charge in [-0.15, -0.1) is 0 Å². The Kier molecular flexibility index (Phi) is 4.54. The van der Waals surface area contributed by atoms with Crippen molar-refractivity contribution in [1.82, 2.24) is 4.98 Å². The van der Waals surface area contributed by atoms with Gasteiger partial charge in [-0.3, -0.25) is 4.98 Å². The van der Waals surface area contributed by atoms with E-state index in [-0.39, 0.29) is 5.92 Å². The van der Waals surface area contributed by atoms with E-state index in [1.807, 2.05) is 13.8 Å². The molecule has 0 saturated carbocycles. The molecule has 0 spiro atoms. The first kappa shape index (κ1) is 13.5.